The van der Waals surface area contributed by atoms with Crippen LogP contribution >= 0.6 is 0 Å². The van der Waals surface area contributed by atoms with Crippen LogP contribution in [0.4, 0.5) is 16.2 Å². The van der Waals surface area contributed by atoms with Gasteiger partial charge < -0.3 is 15.0 Å². The Hall–Kier alpha value is -1.88. The van der Waals surface area contributed by atoms with Gasteiger partial charge in [0.05, 0.1) is 18.6 Å². The number of rotatable bonds is 21. The fourth-order valence-corrected chi connectivity index (χ4v) is 4.16. The number of nitrogens with zero attached hydrogens (tertiary/aromatic N) is 2. The summed E-state index contributed by atoms with van der Waals surface area (Å²) < 4.78 is 30.8. The average Bonchev–Trinajstić information content (AvgIpc) is 2.86. The topological polar surface area (TPSA) is 117 Å². The van der Waals surface area contributed by atoms with E-state index in [9.17, 15) is 13.2 Å². The molecule has 0 heterocycles. The van der Waals surface area contributed by atoms with Crippen molar-refractivity contribution in [1.82, 2.24) is 10.0 Å². The van der Waals surface area contributed by atoms with Gasteiger partial charge in [-0.05, 0) is 44.0 Å². The molecule has 0 aliphatic heterocycles. The van der Waals surface area contributed by atoms with Crippen LogP contribution in [0.5, 0.6) is 0 Å². The van der Waals surface area contributed by atoms with Crippen LogP contribution in [0.3, 0.4) is 0 Å². The first kappa shape index (κ1) is 32.1. The van der Waals surface area contributed by atoms with Gasteiger partial charge in [0.1, 0.15) is 0 Å². The molecular formula is C26H49N5O4S. The van der Waals surface area contributed by atoms with Gasteiger partial charge in [0.25, 0.3) is 0 Å². The van der Waals surface area contributed by atoms with Crippen LogP contribution in [0.2, 0.25) is 0 Å². The summed E-state index contributed by atoms with van der Waals surface area (Å²) in [5.74, 6) is 5.96. The van der Waals surface area contributed by atoms with E-state index in [4.69, 9.17) is 10.6 Å². The number of sulfonamides is 1. The number of carbonyl (C=O) groups excluding carboxylic acids is 1. The van der Waals surface area contributed by atoms with Gasteiger partial charge >= 0.3 is 6.03 Å². The van der Waals surface area contributed by atoms with E-state index in [0.29, 0.717) is 25.4 Å². The van der Waals surface area contributed by atoms with Crippen molar-refractivity contribution >= 4 is 27.4 Å². The average molecular weight is 528 g/mol. The van der Waals surface area contributed by atoms with E-state index >= 15 is 0 Å². The number of hydrazine groups is 1. The Labute approximate surface area is 219 Å². The van der Waals surface area contributed by atoms with E-state index < -0.39 is 10.0 Å². The van der Waals surface area contributed by atoms with E-state index in [1.807, 2.05) is 11.8 Å². The molecule has 1 rings (SSSR count). The van der Waals surface area contributed by atoms with E-state index in [1.165, 1.54) is 57.8 Å². The Bertz CT molecular complexity index is 805. The molecule has 0 saturated carbocycles. The molecule has 208 valence electrons. The molecule has 1 aromatic carbocycles. The number of nitrogens with two attached hydrogens (primary N) is 1. The molecule has 0 atom stereocenters. The smallest absolute Gasteiger partial charge is 0.336 e. The molecule has 0 fully saturated rings. The second-order valence-electron chi connectivity index (χ2n) is 9.20. The third-order valence-corrected chi connectivity index (χ3v) is 6.65. The fraction of sp³-hybridized carbons (Fsp3) is 0.731. The van der Waals surface area contributed by atoms with Gasteiger partial charge in [0, 0.05) is 32.0 Å². The molecule has 0 radical (unpaired) electrons. The van der Waals surface area contributed by atoms with E-state index in [2.05, 4.69) is 17.0 Å². The highest BCUT2D eigenvalue weighted by Crippen LogP contribution is 2.19. The van der Waals surface area contributed by atoms with Gasteiger partial charge in [-0.25, -0.2) is 24.1 Å². The zero-order chi connectivity index (χ0) is 26.7. The highest BCUT2D eigenvalue weighted by molar-refractivity contribution is 7.88. The maximum atomic E-state index is 12.3. The zero-order valence-corrected chi connectivity index (χ0v) is 23.5. The largest absolute Gasteiger partial charge is 0.381 e. The van der Waals surface area contributed by atoms with Gasteiger partial charge in [0.15, 0.2) is 0 Å². The van der Waals surface area contributed by atoms with E-state index in [1.54, 1.807) is 24.3 Å². The van der Waals surface area contributed by atoms with Crippen LogP contribution in [0.25, 0.3) is 0 Å². The summed E-state index contributed by atoms with van der Waals surface area (Å²) in [6, 6.07) is 6.68. The quantitative estimate of drug-likeness (QED) is 0.0699. The Morgan fingerprint density at radius 1 is 0.861 bits per heavy atom. The number of carbonyl (C=O) groups is 1. The minimum absolute atomic E-state index is 0.169. The van der Waals surface area contributed by atoms with Crippen LogP contribution in [-0.4, -0.2) is 53.7 Å². The minimum atomic E-state index is -3.28. The number of ether oxygens (including phenoxy) is 1. The van der Waals surface area contributed by atoms with Crippen molar-refractivity contribution in [2.75, 3.05) is 49.1 Å². The van der Waals surface area contributed by atoms with Gasteiger partial charge in [-0.2, -0.15) is 4.72 Å². The van der Waals surface area contributed by atoms with E-state index in [-0.39, 0.29) is 12.7 Å². The maximum absolute atomic E-state index is 12.3. The number of hydrogen-bond acceptors (Lipinski definition) is 6. The molecule has 0 spiro atoms. The van der Waals surface area contributed by atoms with Crippen LogP contribution in [0.15, 0.2) is 24.3 Å². The molecule has 4 N–H and O–H groups in total. The van der Waals surface area contributed by atoms with Gasteiger partial charge in [-0.15, -0.1) is 0 Å². The van der Waals surface area contributed by atoms with Gasteiger partial charge in [-0.1, -0.05) is 64.7 Å². The molecule has 0 aliphatic rings. The van der Waals surface area contributed by atoms with Gasteiger partial charge in [0.2, 0.25) is 10.0 Å². The van der Waals surface area contributed by atoms with Crippen molar-refractivity contribution in [3.05, 3.63) is 24.3 Å². The fourth-order valence-electron chi connectivity index (χ4n) is 3.77. The molecule has 1 aromatic rings. The lowest BCUT2D eigenvalue weighted by molar-refractivity contribution is 0.127. The van der Waals surface area contributed by atoms with Crippen molar-refractivity contribution in [3.63, 3.8) is 0 Å². The number of urea groups is 1. The molecule has 0 saturated heterocycles. The standard InChI is InChI=1S/C26H49N5O4S/c1-4-6-7-8-9-10-11-12-13-14-21-35-22-15-20-28-26(32)31(27)25-18-16-24(17-19-25)30(5-2)23-29-36(3,33)34/h16-19,29H,4-15,20-23,27H2,1-3H3,(H,28,32). The lowest BCUT2D eigenvalue weighted by Gasteiger charge is -2.24. The second kappa shape index (κ2) is 19.3. The summed E-state index contributed by atoms with van der Waals surface area (Å²) in [6.07, 6.45) is 14.9. The first-order chi connectivity index (χ1) is 17.3. The van der Waals surface area contributed by atoms with Crippen LogP contribution in [0.1, 0.15) is 84.5 Å². The SMILES string of the molecule is CCCCCCCCCCCCOCCCNC(=O)N(N)c1ccc(N(CC)CNS(C)(=O)=O)cc1. The van der Waals surface area contributed by atoms with Crippen molar-refractivity contribution < 1.29 is 17.9 Å². The Kier molecular flexibility index (Phi) is 17.2. The van der Waals surface area contributed by atoms with Crippen molar-refractivity contribution in [2.45, 2.75) is 84.5 Å². The highest BCUT2D eigenvalue weighted by Gasteiger charge is 2.12. The number of amides is 2. The van der Waals surface area contributed by atoms with Crippen LogP contribution in [0, 0.1) is 0 Å². The van der Waals surface area contributed by atoms with Gasteiger partial charge in [-0.3, -0.25) is 0 Å². The zero-order valence-electron chi connectivity index (χ0n) is 22.6. The summed E-state index contributed by atoms with van der Waals surface area (Å²) in [4.78, 5) is 14.2. The minimum Gasteiger partial charge on any atom is -0.381 e. The Morgan fingerprint density at radius 3 is 1.94 bits per heavy atom. The summed E-state index contributed by atoms with van der Waals surface area (Å²) in [5, 5.41) is 3.87. The number of anilines is 2. The summed E-state index contributed by atoms with van der Waals surface area (Å²) in [7, 11) is -3.28. The first-order valence-corrected chi connectivity index (χ1v) is 15.4. The van der Waals surface area contributed by atoms with Crippen molar-refractivity contribution in [1.29, 1.82) is 0 Å². The second-order valence-corrected chi connectivity index (χ2v) is 11.0. The molecule has 36 heavy (non-hydrogen) atoms. The predicted octanol–water partition coefficient (Wildman–Crippen LogP) is 4.74. The summed E-state index contributed by atoms with van der Waals surface area (Å²) in [5.41, 5.74) is 1.37. The van der Waals surface area contributed by atoms with Crippen LogP contribution < -0.4 is 25.8 Å². The predicted molar refractivity (Wildman–Crippen MR) is 150 cm³/mol. The van der Waals surface area contributed by atoms with E-state index in [0.717, 1.165) is 36.4 Å². The molecule has 0 bridgehead atoms. The lowest BCUT2D eigenvalue weighted by atomic mass is 10.1. The van der Waals surface area contributed by atoms with Crippen molar-refractivity contribution in [3.8, 4) is 0 Å². The van der Waals surface area contributed by atoms with Crippen LogP contribution in [-0.2, 0) is 14.8 Å². The number of nitrogens with one attached hydrogen (secondary N) is 2. The molecular weight excluding hydrogens is 478 g/mol. The normalized spacial score (nSPS) is 11.4. The molecule has 9 nitrogen and oxygen atoms in total. The number of benzene rings is 1. The number of hydrogen-bond donors (Lipinski definition) is 3. The number of unbranched alkanes of at least 4 members (excludes halogenated alkanes) is 9. The molecule has 0 aromatic heterocycles. The molecule has 2 amide bonds. The Morgan fingerprint density at radius 2 is 1.39 bits per heavy atom. The summed E-state index contributed by atoms with van der Waals surface area (Å²) >= 11 is 0. The lowest BCUT2D eigenvalue weighted by Crippen LogP contribution is -2.45. The molecule has 10 heteroatoms. The Balaban J connectivity index is 2.14. The third kappa shape index (κ3) is 15.3. The third-order valence-electron chi connectivity index (χ3n) is 6.00. The maximum Gasteiger partial charge on any atom is 0.336 e. The van der Waals surface area contributed by atoms with Crippen molar-refractivity contribution in [2.24, 2.45) is 5.84 Å². The first-order valence-electron chi connectivity index (χ1n) is 13.5. The highest BCUT2D eigenvalue weighted by atomic mass is 32.2. The summed E-state index contributed by atoms with van der Waals surface area (Å²) in [6.45, 7) is 6.85. The molecule has 0 unspecified atom stereocenters. The monoisotopic (exact) mass is 527 g/mol. The molecule has 0 aliphatic carbocycles.